The molecule has 126 valence electrons. The van der Waals surface area contributed by atoms with Crippen LogP contribution in [0, 0.1) is 5.92 Å². The van der Waals surface area contributed by atoms with Gasteiger partial charge in [0.15, 0.2) is 9.84 Å². The van der Waals surface area contributed by atoms with E-state index in [2.05, 4.69) is 5.32 Å². The number of nitrogens with zero attached hydrogens (tertiary/aromatic N) is 1. The van der Waals surface area contributed by atoms with Crippen LogP contribution in [0.4, 0.5) is 5.69 Å². The van der Waals surface area contributed by atoms with Crippen LogP contribution in [0.25, 0.3) is 0 Å². The van der Waals surface area contributed by atoms with Gasteiger partial charge in [0.1, 0.15) is 12.4 Å². The predicted octanol–water partition coefficient (Wildman–Crippen LogP) is 1.09. The Labute approximate surface area is 140 Å². The van der Waals surface area contributed by atoms with Crippen molar-refractivity contribution >= 4 is 33.0 Å². The van der Waals surface area contributed by atoms with Gasteiger partial charge in [-0.3, -0.25) is 4.79 Å². The van der Waals surface area contributed by atoms with Crippen LogP contribution in [0.3, 0.4) is 0 Å². The van der Waals surface area contributed by atoms with Crippen molar-refractivity contribution in [1.29, 1.82) is 0 Å². The molecule has 0 saturated carbocycles. The number of fused-ring (bicyclic) bond motifs is 1. The first-order valence-electron chi connectivity index (χ1n) is 7.57. The van der Waals surface area contributed by atoms with Gasteiger partial charge < -0.3 is 15.0 Å². The van der Waals surface area contributed by atoms with Gasteiger partial charge in [0.25, 0.3) is 0 Å². The Hall–Kier alpha value is -1.47. The van der Waals surface area contributed by atoms with Crippen molar-refractivity contribution in [2.75, 3.05) is 42.6 Å². The number of amides is 1. The molecule has 2 heterocycles. The van der Waals surface area contributed by atoms with Crippen LogP contribution in [0.5, 0.6) is 5.75 Å². The summed E-state index contributed by atoms with van der Waals surface area (Å²) in [5.41, 5.74) is 0.808. The number of halogens is 1. The van der Waals surface area contributed by atoms with Gasteiger partial charge >= 0.3 is 0 Å². The Morgan fingerprint density at radius 1 is 1.43 bits per heavy atom. The molecule has 1 N–H and O–H groups in total. The van der Waals surface area contributed by atoms with Crippen molar-refractivity contribution in [2.24, 2.45) is 5.92 Å². The summed E-state index contributed by atoms with van der Waals surface area (Å²) in [7, 11) is -2.91. The normalized spacial score (nSPS) is 22.3. The number of ether oxygens (including phenoxy) is 1. The van der Waals surface area contributed by atoms with Crippen LogP contribution in [0.1, 0.15) is 6.42 Å². The highest BCUT2D eigenvalue weighted by Gasteiger charge is 2.28. The summed E-state index contributed by atoms with van der Waals surface area (Å²) in [6.07, 6.45) is 0.624. The van der Waals surface area contributed by atoms with Crippen LogP contribution in [0.2, 0.25) is 5.02 Å². The molecule has 0 aliphatic carbocycles. The number of carbonyl (C=O) groups is 1. The van der Waals surface area contributed by atoms with Gasteiger partial charge in [0, 0.05) is 11.6 Å². The molecule has 3 rings (SSSR count). The lowest BCUT2D eigenvalue weighted by atomic mass is 10.1. The van der Waals surface area contributed by atoms with E-state index in [1.807, 2.05) is 4.90 Å². The standard InChI is InChI=1S/C15H19ClN2O4S/c16-12-1-2-14-13(7-12)18(4-5-22-14)9-15(19)17-8-11-3-6-23(20,21)10-11/h1-2,7,11H,3-6,8-10H2,(H,17,19). The summed E-state index contributed by atoms with van der Waals surface area (Å²) in [5, 5.41) is 3.43. The van der Waals surface area contributed by atoms with E-state index in [9.17, 15) is 13.2 Å². The molecule has 1 amide bonds. The van der Waals surface area contributed by atoms with Gasteiger partial charge in [-0.1, -0.05) is 11.6 Å². The third-order valence-electron chi connectivity index (χ3n) is 4.13. The summed E-state index contributed by atoms with van der Waals surface area (Å²) in [5.74, 6) is 1.01. The van der Waals surface area contributed by atoms with Crippen LogP contribution >= 0.6 is 11.6 Å². The SMILES string of the molecule is O=C(CN1CCOc2ccc(Cl)cc21)NCC1CCS(=O)(=O)C1. The maximum absolute atomic E-state index is 12.1. The van der Waals surface area contributed by atoms with E-state index in [0.29, 0.717) is 31.1 Å². The highest BCUT2D eigenvalue weighted by Crippen LogP contribution is 2.33. The Morgan fingerprint density at radius 3 is 3.00 bits per heavy atom. The molecule has 1 fully saturated rings. The van der Waals surface area contributed by atoms with E-state index in [1.54, 1.807) is 18.2 Å². The second-order valence-electron chi connectivity index (χ2n) is 5.96. The van der Waals surface area contributed by atoms with Crippen LogP contribution in [0.15, 0.2) is 18.2 Å². The molecule has 0 bridgehead atoms. The molecule has 23 heavy (non-hydrogen) atoms. The van der Waals surface area contributed by atoms with Gasteiger partial charge in [0.05, 0.1) is 30.3 Å². The van der Waals surface area contributed by atoms with Gasteiger partial charge in [-0.05, 0) is 30.5 Å². The first-order valence-corrected chi connectivity index (χ1v) is 9.77. The van der Waals surface area contributed by atoms with Crippen molar-refractivity contribution in [3.8, 4) is 5.75 Å². The van der Waals surface area contributed by atoms with Crippen molar-refractivity contribution in [2.45, 2.75) is 6.42 Å². The molecular weight excluding hydrogens is 340 g/mol. The van der Waals surface area contributed by atoms with Gasteiger partial charge in [-0.25, -0.2) is 8.42 Å². The second kappa shape index (κ2) is 6.57. The molecule has 0 aromatic heterocycles. The molecule has 8 heteroatoms. The Balaban J connectivity index is 1.56. The van der Waals surface area contributed by atoms with Crippen molar-refractivity contribution in [3.05, 3.63) is 23.2 Å². The fourth-order valence-electron chi connectivity index (χ4n) is 2.93. The van der Waals surface area contributed by atoms with Crippen molar-refractivity contribution in [1.82, 2.24) is 5.32 Å². The van der Waals surface area contributed by atoms with E-state index < -0.39 is 9.84 Å². The third-order valence-corrected chi connectivity index (χ3v) is 6.20. The number of benzene rings is 1. The lowest BCUT2D eigenvalue weighted by Gasteiger charge is -2.30. The number of hydrogen-bond donors (Lipinski definition) is 1. The molecule has 1 atom stereocenters. The number of nitrogens with one attached hydrogen (secondary N) is 1. The quantitative estimate of drug-likeness (QED) is 0.872. The number of carbonyl (C=O) groups excluding carboxylic acids is 1. The lowest BCUT2D eigenvalue weighted by Crippen LogP contribution is -2.42. The summed E-state index contributed by atoms with van der Waals surface area (Å²) in [4.78, 5) is 14.1. The zero-order valence-electron chi connectivity index (χ0n) is 12.6. The highest BCUT2D eigenvalue weighted by molar-refractivity contribution is 7.91. The maximum atomic E-state index is 12.1. The average Bonchev–Trinajstić information content (AvgIpc) is 2.85. The smallest absolute Gasteiger partial charge is 0.239 e. The molecule has 6 nitrogen and oxygen atoms in total. The van der Waals surface area contributed by atoms with Crippen LogP contribution < -0.4 is 15.0 Å². The summed E-state index contributed by atoms with van der Waals surface area (Å²) in [6.45, 7) is 1.74. The zero-order valence-corrected chi connectivity index (χ0v) is 14.2. The first kappa shape index (κ1) is 16.4. The van der Waals surface area contributed by atoms with Crippen LogP contribution in [-0.4, -0.2) is 52.1 Å². The summed E-state index contributed by atoms with van der Waals surface area (Å²) < 4.78 is 28.4. The molecular formula is C15H19ClN2O4S. The lowest BCUT2D eigenvalue weighted by molar-refractivity contribution is -0.119. The molecule has 1 aromatic carbocycles. The Morgan fingerprint density at radius 2 is 2.26 bits per heavy atom. The molecule has 1 aromatic rings. The Bertz CT molecular complexity index is 707. The van der Waals surface area contributed by atoms with Gasteiger partial charge in [-0.2, -0.15) is 0 Å². The maximum Gasteiger partial charge on any atom is 0.239 e. The van der Waals surface area contributed by atoms with Crippen LogP contribution in [-0.2, 0) is 14.6 Å². The van der Waals surface area contributed by atoms with Gasteiger partial charge in [0.2, 0.25) is 5.91 Å². The fraction of sp³-hybridized carbons (Fsp3) is 0.533. The highest BCUT2D eigenvalue weighted by atomic mass is 35.5. The second-order valence-corrected chi connectivity index (χ2v) is 8.62. The monoisotopic (exact) mass is 358 g/mol. The minimum atomic E-state index is -2.91. The molecule has 2 aliphatic heterocycles. The predicted molar refractivity (Wildman–Crippen MR) is 88.9 cm³/mol. The number of hydrogen-bond acceptors (Lipinski definition) is 5. The first-order chi connectivity index (χ1) is 10.9. The molecule has 0 spiro atoms. The van der Waals surface area contributed by atoms with E-state index in [-0.39, 0.29) is 29.9 Å². The zero-order chi connectivity index (χ0) is 16.4. The molecule has 1 unspecified atom stereocenters. The topological polar surface area (TPSA) is 75.7 Å². The van der Waals surface area contributed by atoms with E-state index in [4.69, 9.17) is 16.3 Å². The largest absolute Gasteiger partial charge is 0.490 e. The molecule has 2 aliphatic rings. The minimum Gasteiger partial charge on any atom is -0.490 e. The van der Waals surface area contributed by atoms with E-state index in [0.717, 1.165) is 11.4 Å². The Kier molecular flexibility index (Phi) is 4.68. The number of sulfone groups is 1. The third kappa shape index (κ3) is 4.09. The molecule has 0 radical (unpaired) electrons. The molecule has 1 saturated heterocycles. The fourth-order valence-corrected chi connectivity index (χ4v) is 4.96. The van der Waals surface area contributed by atoms with E-state index in [1.165, 1.54) is 0 Å². The minimum absolute atomic E-state index is 0.0235. The van der Waals surface area contributed by atoms with Gasteiger partial charge in [-0.15, -0.1) is 0 Å². The number of rotatable bonds is 4. The number of anilines is 1. The average molecular weight is 359 g/mol. The summed E-state index contributed by atoms with van der Waals surface area (Å²) >= 11 is 6.01. The van der Waals surface area contributed by atoms with Crippen molar-refractivity contribution < 1.29 is 17.9 Å². The van der Waals surface area contributed by atoms with Crippen molar-refractivity contribution in [3.63, 3.8) is 0 Å². The van der Waals surface area contributed by atoms with E-state index >= 15 is 0 Å². The summed E-state index contributed by atoms with van der Waals surface area (Å²) in [6, 6.07) is 5.34.